The van der Waals surface area contributed by atoms with Crippen molar-refractivity contribution in [3.8, 4) is 17.2 Å². The second kappa shape index (κ2) is 8.17. The highest BCUT2D eigenvalue weighted by Gasteiger charge is 2.29. The fourth-order valence-corrected chi connectivity index (χ4v) is 3.50. The number of hydrogen-bond donors (Lipinski definition) is 1. The molecule has 0 radical (unpaired) electrons. The summed E-state index contributed by atoms with van der Waals surface area (Å²) >= 11 is 0. The zero-order valence-corrected chi connectivity index (χ0v) is 17.7. The van der Waals surface area contributed by atoms with Crippen LogP contribution in [0, 0.1) is 0 Å². The molecular formula is C20H21N3O6S. The minimum Gasteiger partial charge on any atom is -0.493 e. The van der Waals surface area contributed by atoms with Crippen molar-refractivity contribution in [2.24, 2.45) is 10.2 Å². The van der Waals surface area contributed by atoms with Gasteiger partial charge in [0.1, 0.15) is 0 Å². The molecule has 0 saturated carbocycles. The largest absolute Gasteiger partial charge is 0.493 e. The van der Waals surface area contributed by atoms with Gasteiger partial charge in [0.15, 0.2) is 11.5 Å². The molecule has 1 amide bonds. The molecule has 0 saturated heterocycles. The predicted octanol–water partition coefficient (Wildman–Crippen LogP) is 2.17. The lowest BCUT2D eigenvalue weighted by Gasteiger charge is -2.13. The van der Waals surface area contributed by atoms with Gasteiger partial charge in [-0.2, -0.15) is 10.1 Å². The molecule has 10 heteroatoms. The number of primary sulfonamides is 1. The minimum atomic E-state index is -3.82. The third-order valence-electron chi connectivity index (χ3n) is 4.47. The maximum atomic E-state index is 12.9. The van der Waals surface area contributed by atoms with E-state index >= 15 is 0 Å². The fraction of sp³-hybridized carbons (Fsp3) is 0.200. The van der Waals surface area contributed by atoms with Crippen LogP contribution >= 0.6 is 0 Å². The lowest BCUT2D eigenvalue weighted by molar-refractivity contribution is -0.114. The summed E-state index contributed by atoms with van der Waals surface area (Å²) in [5.41, 5.74) is 1.96. The van der Waals surface area contributed by atoms with Gasteiger partial charge in [-0.15, -0.1) is 0 Å². The van der Waals surface area contributed by atoms with Crippen molar-refractivity contribution >= 4 is 33.4 Å². The second-order valence-electron chi connectivity index (χ2n) is 6.36. The van der Waals surface area contributed by atoms with Crippen molar-refractivity contribution in [1.29, 1.82) is 0 Å². The number of amides is 1. The van der Waals surface area contributed by atoms with E-state index in [9.17, 15) is 13.2 Å². The molecule has 0 fully saturated rings. The zero-order valence-electron chi connectivity index (χ0n) is 16.9. The lowest BCUT2D eigenvalue weighted by Crippen LogP contribution is -2.21. The Bertz CT molecular complexity index is 1130. The van der Waals surface area contributed by atoms with Crippen LogP contribution in [0.4, 0.5) is 5.69 Å². The predicted molar refractivity (Wildman–Crippen MR) is 112 cm³/mol. The van der Waals surface area contributed by atoms with Crippen LogP contribution in [0.2, 0.25) is 0 Å². The first-order chi connectivity index (χ1) is 14.2. The molecule has 1 heterocycles. The fourth-order valence-electron chi connectivity index (χ4n) is 2.99. The van der Waals surface area contributed by atoms with Gasteiger partial charge in [-0.25, -0.2) is 13.6 Å². The van der Waals surface area contributed by atoms with Gasteiger partial charge in [-0.1, -0.05) is 0 Å². The van der Waals surface area contributed by atoms with Crippen LogP contribution in [-0.4, -0.2) is 41.4 Å². The molecule has 0 atom stereocenters. The average molecular weight is 431 g/mol. The van der Waals surface area contributed by atoms with Crippen LogP contribution in [0.3, 0.4) is 0 Å². The number of carbonyl (C=O) groups excluding carboxylic acids is 1. The van der Waals surface area contributed by atoms with Crippen LogP contribution < -0.4 is 24.4 Å². The highest BCUT2D eigenvalue weighted by atomic mass is 32.2. The summed E-state index contributed by atoms with van der Waals surface area (Å²) in [5.74, 6) is 1.00. The van der Waals surface area contributed by atoms with Gasteiger partial charge in [0.05, 0.1) is 43.2 Å². The molecule has 30 heavy (non-hydrogen) atoms. The molecule has 2 N–H and O–H groups in total. The van der Waals surface area contributed by atoms with Crippen molar-refractivity contribution in [1.82, 2.24) is 0 Å². The Balaban J connectivity index is 1.97. The van der Waals surface area contributed by atoms with Crippen molar-refractivity contribution in [3.63, 3.8) is 0 Å². The number of ether oxygens (including phenoxy) is 3. The van der Waals surface area contributed by atoms with E-state index in [4.69, 9.17) is 19.3 Å². The Morgan fingerprint density at radius 1 is 1.00 bits per heavy atom. The van der Waals surface area contributed by atoms with E-state index in [1.165, 1.54) is 50.6 Å². The highest BCUT2D eigenvalue weighted by molar-refractivity contribution is 7.89. The molecule has 1 aliphatic rings. The first kappa shape index (κ1) is 21.3. The number of nitrogens with zero attached hydrogens (tertiary/aromatic N) is 2. The Labute approximate surface area is 174 Å². The molecule has 0 aliphatic carbocycles. The van der Waals surface area contributed by atoms with E-state index in [-0.39, 0.29) is 10.8 Å². The van der Waals surface area contributed by atoms with Gasteiger partial charge in [0.2, 0.25) is 15.8 Å². The summed E-state index contributed by atoms with van der Waals surface area (Å²) in [7, 11) is 0.703. The van der Waals surface area contributed by atoms with Crippen molar-refractivity contribution < 1.29 is 27.4 Å². The third kappa shape index (κ3) is 4.00. The summed E-state index contributed by atoms with van der Waals surface area (Å²) in [5, 5.41) is 10.6. The lowest BCUT2D eigenvalue weighted by atomic mass is 10.1. The Morgan fingerprint density at radius 2 is 1.57 bits per heavy atom. The first-order valence-corrected chi connectivity index (χ1v) is 10.3. The molecule has 158 valence electrons. The molecule has 0 bridgehead atoms. The molecule has 3 rings (SSSR count). The van der Waals surface area contributed by atoms with Crippen LogP contribution in [-0.2, 0) is 14.8 Å². The van der Waals surface area contributed by atoms with Crippen molar-refractivity contribution in [2.45, 2.75) is 11.8 Å². The van der Waals surface area contributed by atoms with Crippen molar-refractivity contribution in [3.05, 3.63) is 47.5 Å². The van der Waals surface area contributed by atoms with Gasteiger partial charge in [0.25, 0.3) is 5.91 Å². The van der Waals surface area contributed by atoms with Gasteiger partial charge < -0.3 is 14.2 Å². The number of methoxy groups -OCH3 is 3. The average Bonchev–Trinajstić information content (AvgIpc) is 3.00. The van der Waals surface area contributed by atoms with E-state index < -0.39 is 10.0 Å². The SMILES string of the molecule is COc1cc(/C=C2/C(=O)N(c3ccc(S(N)(=O)=O)cc3)N=C2C)cc(OC)c1OC. The number of anilines is 1. The molecule has 9 nitrogen and oxygen atoms in total. The number of rotatable bonds is 6. The quantitative estimate of drug-likeness (QED) is 0.700. The molecule has 0 aromatic heterocycles. The number of hydrogen-bond acceptors (Lipinski definition) is 7. The maximum absolute atomic E-state index is 12.9. The van der Waals surface area contributed by atoms with Crippen LogP contribution in [0.1, 0.15) is 12.5 Å². The first-order valence-electron chi connectivity index (χ1n) is 8.74. The highest BCUT2D eigenvalue weighted by Crippen LogP contribution is 2.39. The summed E-state index contributed by atoms with van der Waals surface area (Å²) in [6.45, 7) is 1.71. The minimum absolute atomic E-state index is 0.0493. The van der Waals surface area contributed by atoms with Gasteiger partial charge >= 0.3 is 0 Å². The van der Waals surface area contributed by atoms with E-state index in [1.54, 1.807) is 25.1 Å². The summed E-state index contributed by atoms with van der Waals surface area (Å²) < 4.78 is 38.8. The van der Waals surface area contributed by atoms with E-state index in [0.29, 0.717) is 39.8 Å². The second-order valence-corrected chi connectivity index (χ2v) is 7.92. The van der Waals surface area contributed by atoms with Gasteiger partial charge in [0, 0.05) is 0 Å². The summed E-state index contributed by atoms with van der Waals surface area (Å²) in [4.78, 5) is 12.9. The number of carbonyl (C=O) groups is 1. The standard InChI is InChI=1S/C20H21N3O6S/c1-12-16(9-13-10-17(27-2)19(29-4)18(11-13)28-3)20(24)23(22-12)14-5-7-15(8-6-14)30(21,25)26/h5-11H,1-4H3,(H2,21,25,26)/b16-9+. The van der Waals surface area contributed by atoms with E-state index in [0.717, 1.165) is 0 Å². The third-order valence-corrected chi connectivity index (χ3v) is 5.40. The van der Waals surface area contributed by atoms with Crippen LogP contribution in [0.5, 0.6) is 17.2 Å². The van der Waals surface area contributed by atoms with E-state index in [2.05, 4.69) is 5.10 Å². The number of benzene rings is 2. The molecule has 0 unspecified atom stereocenters. The van der Waals surface area contributed by atoms with Crippen LogP contribution in [0.15, 0.2) is 52.0 Å². The van der Waals surface area contributed by atoms with Crippen LogP contribution in [0.25, 0.3) is 6.08 Å². The summed E-state index contributed by atoms with van der Waals surface area (Å²) in [6.07, 6.45) is 1.67. The van der Waals surface area contributed by atoms with Crippen molar-refractivity contribution in [2.75, 3.05) is 26.3 Å². The number of hydrazone groups is 1. The Kier molecular flexibility index (Phi) is 5.81. The Hall–Kier alpha value is -3.37. The topological polar surface area (TPSA) is 121 Å². The number of sulfonamides is 1. The van der Waals surface area contributed by atoms with Gasteiger partial charge in [-0.05, 0) is 55.0 Å². The normalized spacial score (nSPS) is 15.4. The summed E-state index contributed by atoms with van der Waals surface area (Å²) in [6, 6.07) is 9.03. The molecular weight excluding hydrogens is 410 g/mol. The van der Waals surface area contributed by atoms with Gasteiger partial charge in [-0.3, -0.25) is 4.79 Å². The van der Waals surface area contributed by atoms with E-state index in [1.807, 2.05) is 0 Å². The zero-order chi connectivity index (χ0) is 22.1. The monoisotopic (exact) mass is 431 g/mol. The Morgan fingerprint density at radius 3 is 2.03 bits per heavy atom. The maximum Gasteiger partial charge on any atom is 0.280 e. The number of nitrogens with two attached hydrogens (primary N) is 1. The molecule has 1 aliphatic heterocycles. The smallest absolute Gasteiger partial charge is 0.280 e. The molecule has 0 spiro atoms. The molecule has 2 aromatic rings. The molecule has 2 aromatic carbocycles.